The van der Waals surface area contributed by atoms with E-state index in [2.05, 4.69) is 5.32 Å². The molecule has 0 amide bonds. The number of carboxylic acids is 2. The molecule has 16 heavy (non-hydrogen) atoms. The van der Waals surface area contributed by atoms with Crippen LogP contribution in [0.1, 0.15) is 19.3 Å². The van der Waals surface area contributed by atoms with Gasteiger partial charge in [-0.2, -0.15) is 0 Å². The second-order valence-corrected chi connectivity index (χ2v) is 3.93. The Balaban J connectivity index is 3.77. The van der Waals surface area contributed by atoms with Crippen molar-refractivity contribution in [3.63, 3.8) is 0 Å². The van der Waals surface area contributed by atoms with E-state index < -0.39 is 18.0 Å². The molecule has 0 radical (unpaired) electrons. The Labute approximate surface area is 95.2 Å². The Morgan fingerprint density at radius 1 is 1.31 bits per heavy atom. The number of rotatable bonds is 9. The zero-order valence-electron chi connectivity index (χ0n) is 9.77. The first-order valence-corrected chi connectivity index (χ1v) is 5.26. The maximum Gasteiger partial charge on any atom is 0.320 e. The molecular weight excluding hydrogens is 212 g/mol. The smallest absolute Gasteiger partial charge is 0.320 e. The van der Waals surface area contributed by atoms with Crippen molar-refractivity contribution in [3.05, 3.63) is 0 Å². The van der Waals surface area contributed by atoms with Crippen molar-refractivity contribution in [2.75, 3.05) is 27.2 Å². The predicted octanol–water partition coefficient (Wildman–Crippen LogP) is -0.154. The lowest BCUT2D eigenvalue weighted by Crippen LogP contribution is -2.38. The molecule has 0 aromatic heterocycles. The van der Waals surface area contributed by atoms with Gasteiger partial charge in [0.15, 0.2) is 0 Å². The van der Waals surface area contributed by atoms with Gasteiger partial charge in [0.05, 0.1) is 0 Å². The molecule has 94 valence electrons. The minimum atomic E-state index is -0.994. The minimum absolute atomic E-state index is 0.118. The average Bonchev–Trinajstić information content (AvgIpc) is 2.15. The van der Waals surface area contributed by atoms with E-state index in [1.165, 1.54) is 0 Å². The first-order valence-electron chi connectivity index (χ1n) is 5.26. The molecule has 0 spiro atoms. The molecule has 0 rings (SSSR count). The SMILES string of the molecule is CN(C)CCCNC(CCC(=O)O)C(=O)O. The van der Waals surface area contributed by atoms with Crippen LogP contribution in [0.3, 0.4) is 0 Å². The molecule has 1 unspecified atom stereocenters. The molecule has 0 heterocycles. The maximum absolute atomic E-state index is 10.8. The molecule has 0 aliphatic heterocycles. The number of carbonyl (C=O) groups is 2. The van der Waals surface area contributed by atoms with Gasteiger partial charge in [-0.05, 0) is 40.0 Å². The van der Waals surface area contributed by atoms with Gasteiger partial charge in [-0.3, -0.25) is 9.59 Å². The monoisotopic (exact) mass is 232 g/mol. The van der Waals surface area contributed by atoms with Crippen LogP contribution in [0.15, 0.2) is 0 Å². The number of nitrogens with one attached hydrogen (secondary N) is 1. The molecule has 0 saturated carbocycles. The number of hydrogen-bond donors (Lipinski definition) is 3. The van der Waals surface area contributed by atoms with Crippen LogP contribution in [0, 0.1) is 0 Å². The molecule has 0 aliphatic carbocycles. The molecule has 1 atom stereocenters. The lowest BCUT2D eigenvalue weighted by molar-refractivity contribution is -0.140. The average molecular weight is 232 g/mol. The second kappa shape index (κ2) is 8.06. The van der Waals surface area contributed by atoms with Crippen LogP contribution in [0.2, 0.25) is 0 Å². The first-order chi connectivity index (χ1) is 7.43. The lowest BCUT2D eigenvalue weighted by atomic mass is 10.1. The van der Waals surface area contributed by atoms with Gasteiger partial charge in [-0.25, -0.2) is 0 Å². The maximum atomic E-state index is 10.8. The molecule has 0 bridgehead atoms. The van der Waals surface area contributed by atoms with Crippen molar-refractivity contribution in [1.82, 2.24) is 10.2 Å². The summed E-state index contributed by atoms with van der Waals surface area (Å²) in [5.41, 5.74) is 0. The zero-order valence-corrected chi connectivity index (χ0v) is 9.77. The molecule has 6 heteroatoms. The fourth-order valence-electron chi connectivity index (χ4n) is 1.25. The van der Waals surface area contributed by atoms with Crippen LogP contribution in [0.25, 0.3) is 0 Å². The first kappa shape index (κ1) is 14.9. The Kier molecular flexibility index (Phi) is 7.49. The van der Waals surface area contributed by atoms with Gasteiger partial charge in [-0.15, -0.1) is 0 Å². The summed E-state index contributed by atoms with van der Waals surface area (Å²) in [6.07, 6.45) is 0.828. The number of nitrogens with zero attached hydrogens (tertiary/aromatic N) is 1. The summed E-state index contributed by atoms with van der Waals surface area (Å²) in [7, 11) is 3.89. The number of hydrogen-bond acceptors (Lipinski definition) is 4. The molecule has 3 N–H and O–H groups in total. The van der Waals surface area contributed by atoms with E-state index in [1.807, 2.05) is 19.0 Å². The van der Waals surface area contributed by atoms with E-state index >= 15 is 0 Å². The summed E-state index contributed by atoms with van der Waals surface area (Å²) in [5, 5.41) is 20.1. The van der Waals surface area contributed by atoms with Crippen LogP contribution in [0.5, 0.6) is 0 Å². The number of aliphatic carboxylic acids is 2. The Hall–Kier alpha value is -1.14. The largest absolute Gasteiger partial charge is 0.481 e. The molecule has 0 fully saturated rings. The van der Waals surface area contributed by atoms with Crippen molar-refractivity contribution in [1.29, 1.82) is 0 Å². The van der Waals surface area contributed by atoms with Crippen molar-refractivity contribution in [3.8, 4) is 0 Å². The van der Waals surface area contributed by atoms with Crippen LogP contribution in [-0.2, 0) is 9.59 Å². The van der Waals surface area contributed by atoms with Crippen LogP contribution in [0.4, 0.5) is 0 Å². The van der Waals surface area contributed by atoms with Gasteiger partial charge in [0.1, 0.15) is 6.04 Å². The van der Waals surface area contributed by atoms with Crippen molar-refractivity contribution >= 4 is 11.9 Å². The van der Waals surface area contributed by atoms with E-state index in [9.17, 15) is 9.59 Å². The third-order valence-electron chi connectivity index (χ3n) is 2.12. The highest BCUT2D eigenvalue weighted by atomic mass is 16.4. The summed E-state index contributed by atoms with van der Waals surface area (Å²) in [4.78, 5) is 23.1. The van der Waals surface area contributed by atoms with E-state index in [0.717, 1.165) is 13.0 Å². The highest BCUT2D eigenvalue weighted by Crippen LogP contribution is 1.98. The molecular formula is C10H20N2O4. The molecule has 0 aromatic rings. The fourth-order valence-corrected chi connectivity index (χ4v) is 1.25. The van der Waals surface area contributed by atoms with Crippen molar-refractivity contribution in [2.45, 2.75) is 25.3 Å². The van der Waals surface area contributed by atoms with Gasteiger partial charge in [0.2, 0.25) is 0 Å². The van der Waals surface area contributed by atoms with Gasteiger partial charge < -0.3 is 20.4 Å². The Morgan fingerprint density at radius 3 is 2.38 bits per heavy atom. The van der Waals surface area contributed by atoms with Gasteiger partial charge in [0.25, 0.3) is 0 Å². The summed E-state index contributed by atoms with van der Waals surface area (Å²) in [5.74, 6) is -1.97. The van der Waals surface area contributed by atoms with Gasteiger partial charge in [0, 0.05) is 6.42 Å². The fraction of sp³-hybridized carbons (Fsp3) is 0.800. The summed E-state index contributed by atoms with van der Waals surface area (Å²) >= 11 is 0. The topological polar surface area (TPSA) is 89.9 Å². The molecule has 0 aliphatic rings. The highest BCUT2D eigenvalue weighted by molar-refractivity contribution is 5.75. The van der Waals surface area contributed by atoms with Crippen LogP contribution in [-0.4, -0.2) is 60.3 Å². The van der Waals surface area contributed by atoms with Crippen LogP contribution < -0.4 is 5.32 Å². The van der Waals surface area contributed by atoms with Crippen molar-refractivity contribution in [2.24, 2.45) is 0 Å². The standard InChI is InChI=1S/C10H20N2O4/c1-12(2)7-3-6-11-8(10(15)16)4-5-9(13)14/h8,11H,3-7H2,1-2H3,(H,13,14)(H,15,16). The minimum Gasteiger partial charge on any atom is -0.481 e. The highest BCUT2D eigenvalue weighted by Gasteiger charge is 2.17. The van der Waals surface area contributed by atoms with Crippen molar-refractivity contribution < 1.29 is 19.8 Å². The third-order valence-corrected chi connectivity index (χ3v) is 2.12. The van der Waals surface area contributed by atoms with E-state index in [0.29, 0.717) is 6.54 Å². The lowest BCUT2D eigenvalue weighted by Gasteiger charge is -2.14. The van der Waals surface area contributed by atoms with E-state index in [4.69, 9.17) is 10.2 Å². The molecule has 0 saturated heterocycles. The summed E-state index contributed by atoms with van der Waals surface area (Å²) in [6.45, 7) is 1.45. The predicted molar refractivity (Wildman–Crippen MR) is 59.5 cm³/mol. The Morgan fingerprint density at radius 2 is 1.94 bits per heavy atom. The van der Waals surface area contributed by atoms with Gasteiger partial charge >= 0.3 is 11.9 Å². The summed E-state index contributed by atoms with van der Waals surface area (Å²) < 4.78 is 0. The quantitative estimate of drug-likeness (QED) is 0.479. The molecule has 6 nitrogen and oxygen atoms in total. The number of carboxylic acid groups (broad SMARTS) is 2. The van der Waals surface area contributed by atoms with Gasteiger partial charge in [-0.1, -0.05) is 0 Å². The molecule has 0 aromatic carbocycles. The van der Waals surface area contributed by atoms with E-state index in [-0.39, 0.29) is 12.8 Å². The summed E-state index contributed by atoms with van der Waals surface area (Å²) in [6, 6.07) is -0.765. The van der Waals surface area contributed by atoms with Crippen LogP contribution >= 0.6 is 0 Å². The third kappa shape index (κ3) is 8.19. The van der Waals surface area contributed by atoms with E-state index in [1.54, 1.807) is 0 Å². The normalized spacial score (nSPS) is 12.7. The zero-order chi connectivity index (χ0) is 12.6. The Bertz CT molecular complexity index is 231. The second-order valence-electron chi connectivity index (χ2n) is 3.93.